The molecule has 0 aliphatic carbocycles. The summed E-state index contributed by atoms with van der Waals surface area (Å²) >= 11 is 0. The average molecular weight is 199 g/mol. The molecule has 15 heavy (non-hydrogen) atoms. The van der Waals surface area contributed by atoms with Crippen LogP contribution in [0.5, 0.6) is 0 Å². The van der Waals surface area contributed by atoms with E-state index in [9.17, 15) is 4.79 Å². The number of hydrogen-bond acceptors (Lipinski definition) is 3. The monoisotopic (exact) mass is 199 g/mol. The van der Waals surface area contributed by atoms with Gasteiger partial charge in [0.05, 0.1) is 5.69 Å². The third-order valence-electron chi connectivity index (χ3n) is 2.05. The predicted octanol–water partition coefficient (Wildman–Crippen LogP) is 1.72. The number of aldehydes is 1. The van der Waals surface area contributed by atoms with Gasteiger partial charge < -0.3 is 0 Å². The number of carbonyl (C=O) groups is 1. The van der Waals surface area contributed by atoms with Crippen LogP contribution in [0.1, 0.15) is 16.2 Å². The van der Waals surface area contributed by atoms with Gasteiger partial charge in [-0.25, -0.2) is 9.67 Å². The Kier molecular flexibility index (Phi) is 2.41. The molecule has 0 amide bonds. The zero-order valence-electron chi connectivity index (χ0n) is 8.00. The van der Waals surface area contributed by atoms with Gasteiger partial charge in [0.1, 0.15) is 6.33 Å². The molecule has 0 bridgehead atoms. The van der Waals surface area contributed by atoms with Crippen molar-refractivity contribution in [3.63, 3.8) is 0 Å². The largest absolute Gasteiger partial charge is 0.294 e. The third kappa shape index (κ3) is 1.69. The summed E-state index contributed by atoms with van der Waals surface area (Å²) in [5, 5.41) is 3.96. The van der Waals surface area contributed by atoms with Gasteiger partial charge in [-0.3, -0.25) is 4.79 Å². The second-order valence-corrected chi connectivity index (χ2v) is 2.94. The van der Waals surface area contributed by atoms with Gasteiger partial charge in [-0.05, 0) is 17.7 Å². The summed E-state index contributed by atoms with van der Waals surface area (Å²) in [6.07, 6.45) is 3.78. The molecule has 74 valence electrons. The van der Waals surface area contributed by atoms with Crippen molar-refractivity contribution in [2.24, 2.45) is 0 Å². The van der Waals surface area contributed by atoms with Crippen LogP contribution in [0, 0.1) is 0 Å². The lowest BCUT2D eigenvalue weighted by Crippen LogP contribution is -2.01. The highest BCUT2D eigenvalue weighted by molar-refractivity contribution is 5.70. The standard InChI is InChI=1S/C11H9N3O/c1-2-9-3-5-10(6-4-9)14-11(7-15)12-8-13-14/h2-8H,1H2. The van der Waals surface area contributed by atoms with Gasteiger partial charge in [-0.1, -0.05) is 24.8 Å². The van der Waals surface area contributed by atoms with E-state index in [1.54, 1.807) is 6.08 Å². The molecule has 1 aromatic carbocycles. The van der Waals surface area contributed by atoms with Crippen LogP contribution in [0.2, 0.25) is 0 Å². The third-order valence-corrected chi connectivity index (χ3v) is 2.05. The van der Waals surface area contributed by atoms with Crippen molar-refractivity contribution in [3.05, 3.63) is 48.6 Å². The van der Waals surface area contributed by atoms with E-state index >= 15 is 0 Å². The number of rotatable bonds is 3. The fraction of sp³-hybridized carbons (Fsp3) is 0. The molecule has 0 N–H and O–H groups in total. The van der Waals surface area contributed by atoms with Crippen molar-refractivity contribution in [2.45, 2.75) is 0 Å². The quantitative estimate of drug-likeness (QED) is 0.707. The van der Waals surface area contributed by atoms with Crippen molar-refractivity contribution in [1.82, 2.24) is 14.8 Å². The molecule has 0 saturated heterocycles. The van der Waals surface area contributed by atoms with Crippen LogP contribution < -0.4 is 0 Å². The molecule has 2 rings (SSSR count). The SMILES string of the molecule is C=Cc1ccc(-n2ncnc2C=O)cc1. The van der Waals surface area contributed by atoms with Gasteiger partial charge in [0, 0.05) is 0 Å². The molecule has 1 heterocycles. The highest BCUT2D eigenvalue weighted by atomic mass is 16.1. The van der Waals surface area contributed by atoms with Crippen LogP contribution in [-0.4, -0.2) is 21.1 Å². The summed E-state index contributed by atoms with van der Waals surface area (Å²) in [4.78, 5) is 14.5. The molecule has 4 heteroatoms. The van der Waals surface area contributed by atoms with Crippen molar-refractivity contribution in [2.75, 3.05) is 0 Å². The maximum Gasteiger partial charge on any atom is 0.196 e. The summed E-state index contributed by atoms with van der Waals surface area (Å²) < 4.78 is 1.49. The van der Waals surface area contributed by atoms with Crippen molar-refractivity contribution < 1.29 is 4.79 Å². The van der Waals surface area contributed by atoms with Crippen LogP contribution in [0.4, 0.5) is 0 Å². The number of nitrogens with zero attached hydrogens (tertiary/aromatic N) is 3. The molecule has 2 aromatic rings. The zero-order valence-corrected chi connectivity index (χ0v) is 8.00. The van der Waals surface area contributed by atoms with Crippen molar-refractivity contribution >= 4 is 12.4 Å². The molecular weight excluding hydrogens is 190 g/mol. The van der Waals surface area contributed by atoms with Gasteiger partial charge >= 0.3 is 0 Å². The van der Waals surface area contributed by atoms with Gasteiger partial charge in [0.15, 0.2) is 12.1 Å². The molecule has 0 unspecified atom stereocenters. The minimum Gasteiger partial charge on any atom is -0.294 e. The van der Waals surface area contributed by atoms with Crippen LogP contribution >= 0.6 is 0 Å². The van der Waals surface area contributed by atoms with E-state index in [4.69, 9.17) is 0 Å². The Morgan fingerprint density at radius 3 is 2.60 bits per heavy atom. The summed E-state index contributed by atoms with van der Waals surface area (Å²) in [5.41, 5.74) is 1.83. The first kappa shape index (κ1) is 9.33. The predicted molar refractivity (Wildman–Crippen MR) is 56.8 cm³/mol. The Morgan fingerprint density at radius 2 is 2.00 bits per heavy atom. The summed E-state index contributed by atoms with van der Waals surface area (Å²) in [5.74, 6) is 0.293. The number of hydrogen-bond donors (Lipinski definition) is 0. The molecule has 0 aliphatic heterocycles. The molecule has 0 fully saturated rings. The highest BCUT2D eigenvalue weighted by Gasteiger charge is 2.03. The van der Waals surface area contributed by atoms with Gasteiger partial charge in [0.2, 0.25) is 0 Å². The van der Waals surface area contributed by atoms with Crippen LogP contribution in [-0.2, 0) is 0 Å². The summed E-state index contributed by atoms with van der Waals surface area (Å²) in [7, 11) is 0. The molecule has 0 spiro atoms. The fourth-order valence-electron chi connectivity index (χ4n) is 1.28. The Morgan fingerprint density at radius 1 is 1.27 bits per heavy atom. The minimum absolute atomic E-state index is 0.293. The highest BCUT2D eigenvalue weighted by Crippen LogP contribution is 2.10. The Balaban J connectivity index is 2.45. The second-order valence-electron chi connectivity index (χ2n) is 2.94. The lowest BCUT2D eigenvalue weighted by Gasteiger charge is -2.02. The smallest absolute Gasteiger partial charge is 0.196 e. The van der Waals surface area contributed by atoms with E-state index in [-0.39, 0.29) is 0 Å². The first-order valence-electron chi connectivity index (χ1n) is 4.43. The van der Waals surface area contributed by atoms with E-state index in [0.29, 0.717) is 12.1 Å². The van der Waals surface area contributed by atoms with E-state index in [1.165, 1.54) is 11.0 Å². The summed E-state index contributed by atoms with van der Waals surface area (Å²) in [6.45, 7) is 3.67. The fourth-order valence-corrected chi connectivity index (χ4v) is 1.28. The second kappa shape index (κ2) is 3.88. The number of benzene rings is 1. The molecule has 0 saturated carbocycles. The number of aromatic nitrogens is 3. The molecule has 0 atom stereocenters. The van der Waals surface area contributed by atoms with E-state index in [1.807, 2.05) is 24.3 Å². The Labute approximate surface area is 86.9 Å². The normalized spacial score (nSPS) is 9.87. The van der Waals surface area contributed by atoms with E-state index < -0.39 is 0 Å². The molecular formula is C11H9N3O. The lowest BCUT2D eigenvalue weighted by molar-refractivity contribution is 0.111. The van der Waals surface area contributed by atoms with Crippen LogP contribution in [0.15, 0.2) is 37.2 Å². The van der Waals surface area contributed by atoms with Gasteiger partial charge in [-0.2, -0.15) is 5.10 Å². The molecule has 0 radical (unpaired) electrons. The van der Waals surface area contributed by atoms with Crippen molar-refractivity contribution in [1.29, 1.82) is 0 Å². The molecule has 0 aliphatic rings. The van der Waals surface area contributed by atoms with Crippen LogP contribution in [0.25, 0.3) is 11.8 Å². The molecule has 1 aromatic heterocycles. The number of carbonyl (C=O) groups excluding carboxylic acids is 1. The lowest BCUT2D eigenvalue weighted by atomic mass is 10.2. The zero-order chi connectivity index (χ0) is 10.7. The maximum atomic E-state index is 10.6. The van der Waals surface area contributed by atoms with Gasteiger partial charge in [-0.15, -0.1) is 0 Å². The maximum absolute atomic E-state index is 10.6. The molecule has 4 nitrogen and oxygen atoms in total. The van der Waals surface area contributed by atoms with Crippen molar-refractivity contribution in [3.8, 4) is 5.69 Å². The Hall–Kier alpha value is -2.23. The first-order valence-corrected chi connectivity index (χ1v) is 4.43. The Bertz CT molecular complexity index is 485. The van der Waals surface area contributed by atoms with Crippen LogP contribution in [0.3, 0.4) is 0 Å². The topological polar surface area (TPSA) is 47.8 Å². The summed E-state index contributed by atoms with van der Waals surface area (Å²) in [6, 6.07) is 7.52. The first-order chi connectivity index (χ1) is 7.35. The van der Waals surface area contributed by atoms with E-state index in [2.05, 4.69) is 16.7 Å². The van der Waals surface area contributed by atoms with Gasteiger partial charge in [0.25, 0.3) is 0 Å². The van der Waals surface area contributed by atoms with E-state index in [0.717, 1.165) is 11.3 Å². The average Bonchev–Trinajstić information content (AvgIpc) is 2.77. The minimum atomic E-state index is 0.293.